The van der Waals surface area contributed by atoms with E-state index in [1.165, 1.54) is 0 Å². The number of carbonyl (C=O) groups is 3. The molecule has 4 unspecified atom stereocenters. The molecule has 1 aliphatic carbocycles. The van der Waals surface area contributed by atoms with Crippen molar-refractivity contribution in [3.8, 4) is 12.3 Å². The highest BCUT2D eigenvalue weighted by Crippen LogP contribution is 2.32. The summed E-state index contributed by atoms with van der Waals surface area (Å²) in [7, 11) is 0. The van der Waals surface area contributed by atoms with Gasteiger partial charge < -0.3 is 55.3 Å². The molecule has 0 aromatic heterocycles. The molecule has 0 aromatic rings. The van der Waals surface area contributed by atoms with Gasteiger partial charge >= 0.3 is 12.2 Å². The van der Waals surface area contributed by atoms with E-state index in [9.17, 15) is 34.8 Å². The number of rotatable bonds is 9. The molecule has 14 nitrogen and oxygen atoms in total. The Morgan fingerprint density at radius 1 is 0.884 bits per heavy atom. The Labute approximate surface area is 253 Å². The van der Waals surface area contributed by atoms with Crippen molar-refractivity contribution in [2.45, 2.75) is 140 Å². The summed E-state index contributed by atoms with van der Waals surface area (Å²) in [5.74, 6) is 1.32. The minimum absolute atomic E-state index is 0.0925. The number of alkyl carbamates (subject to hydrolysis) is 2. The van der Waals surface area contributed by atoms with E-state index in [1.54, 1.807) is 48.5 Å². The largest absolute Gasteiger partial charge is 0.444 e. The zero-order valence-electron chi connectivity index (χ0n) is 26.0. The fourth-order valence-electron chi connectivity index (χ4n) is 4.80. The van der Waals surface area contributed by atoms with Gasteiger partial charge in [-0.2, -0.15) is 0 Å². The zero-order valence-corrected chi connectivity index (χ0v) is 26.0. The van der Waals surface area contributed by atoms with Gasteiger partial charge in [-0.15, -0.1) is 12.3 Å². The third kappa shape index (κ3) is 11.4. The minimum atomic E-state index is -1.65. The highest BCUT2D eigenvalue weighted by Gasteiger charge is 2.50. The first-order valence-corrected chi connectivity index (χ1v) is 14.5. The van der Waals surface area contributed by atoms with Gasteiger partial charge in [-0.25, -0.2) is 9.59 Å². The predicted octanol–water partition coefficient (Wildman–Crippen LogP) is 0.286. The van der Waals surface area contributed by atoms with Crippen LogP contribution in [0.5, 0.6) is 0 Å². The number of aliphatic hydroxyl groups is 4. The topological polar surface area (TPSA) is 205 Å². The first-order valence-electron chi connectivity index (χ1n) is 14.5. The van der Waals surface area contributed by atoms with Crippen molar-refractivity contribution in [1.82, 2.24) is 16.0 Å². The number of terminal acetylenes is 1. The van der Waals surface area contributed by atoms with E-state index in [-0.39, 0.29) is 25.3 Å². The number of carbonyl (C=O) groups excluding carboxylic acids is 3. The van der Waals surface area contributed by atoms with Crippen LogP contribution in [0.4, 0.5) is 9.59 Å². The summed E-state index contributed by atoms with van der Waals surface area (Å²) in [6, 6.07) is -2.05. The molecule has 0 spiro atoms. The summed E-state index contributed by atoms with van der Waals surface area (Å²) >= 11 is 0. The highest BCUT2D eigenvalue weighted by molar-refractivity contribution is 5.75. The van der Waals surface area contributed by atoms with E-state index in [0.29, 0.717) is 12.8 Å². The first kappa shape index (κ1) is 36.5. The van der Waals surface area contributed by atoms with E-state index in [2.05, 4.69) is 21.9 Å². The molecule has 1 saturated heterocycles. The lowest BCUT2D eigenvalue weighted by Crippen LogP contribution is -2.67. The predicted molar refractivity (Wildman–Crippen MR) is 153 cm³/mol. The maximum Gasteiger partial charge on any atom is 0.407 e. The molecule has 7 N–H and O–H groups in total. The van der Waals surface area contributed by atoms with Crippen LogP contribution >= 0.6 is 0 Å². The Hall–Kier alpha value is -2.67. The summed E-state index contributed by atoms with van der Waals surface area (Å²) < 4.78 is 22.6. The number of unbranched alkanes of at least 4 members (excludes halogenated alkanes) is 1. The summed E-state index contributed by atoms with van der Waals surface area (Å²) in [5.41, 5.74) is -1.67. The Morgan fingerprint density at radius 2 is 1.44 bits per heavy atom. The third-order valence-electron chi connectivity index (χ3n) is 6.93. The second-order valence-corrected chi connectivity index (χ2v) is 13.1. The van der Waals surface area contributed by atoms with Gasteiger partial charge in [-0.05, 0) is 54.4 Å². The van der Waals surface area contributed by atoms with Crippen molar-refractivity contribution >= 4 is 18.1 Å². The van der Waals surface area contributed by atoms with Gasteiger partial charge in [0.1, 0.15) is 41.7 Å². The van der Waals surface area contributed by atoms with Gasteiger partial charge in [0.15, 0.2) is 6.29 Å². The second kappa shape index (κ2) is 15.4. The first-order chi connectivity index (χ1) is 19.8. The van der Waals surface area contributed by atoms with Crippen molar-refractivity contribution in [2.75, 3.05) is 6.54 Å². The van der Waals surface area contributed by atoms with Crippen LogP contribution in [0.15, 0.2) is 0 Å². The minimum Gasteiger partial charge on any atom is -0.444 e. The quantitative estimate of drug-likeness (QED) is 0.139. The van der Waals surface area contributed by atoms with Crippen LogP contribution < -0.4 is 16.0 Å². The Balaban J connectivity index is 2.23. The summed E-state index contributed by atoms with van der Waals surface area (Å²) in [6.07, 6.45) is -4.92. The third-order valence-corrected chi connectivity index (χ3v) is 6.93. The number of nitrogens with one attached hydrogen (secondary N) is 3. The normalized spacial score (nSPS) is 33.1. The zero-order chi connectivity index (χ0) is 32.7. The van der Waals surface area contributed by atoms with E-state index in [0.717, 1.165) is 0 Å². The van der Waals surface area contributed by atoms with Gasteiger partial charge in [-0.1, -0.05) is 6.92 Å². The molecule has 0 radical (unpaired) electrons. The maximum atomic E-state index is 12.7. The van der Waals surface area contributed by atoms with E-state index in [4.69, 9.17) is 25.4 Å². The molecule has 1 saturated carbocycles. The molecular weight excluding hydrogens is 566 g/mol. The Morgan fingerprint density at radius 3 is 1.98 bits per heavy atom. The van der Waals surface area contributed by atoms with Gasteiger partial charge in [0, 0.05) is 25.3 Å². The Bertz CT molecular complexity index is 990. The van der Waals surface area contributed by atoms with Crippen LogP contribution in [0.3, 0.4) is 0 Å². The van der Waals surface area contributed by atoms with Gasteiger partial charge in [0.2, 0.25) is 5.91 Å². The van der Waals surface area contributed by atoms with Crippen molar-refractivity contribution in [1.29, 1.82) is 0 Å². The van der Waals surface area contributed by atoms with Crippen LogP contribution in [0.2, 0.25) is 0 Å². The van der Waals surface area contributed by atoms with E-state index < -0.39 is 84.3 Å². The van der Waals surface area contributed by atoms with Crippen molar-refractivity contribution in [3.63, 3.8) is 0 Å². The van der Waals surface area contributed by atoms with Crippen molar-refractivity contribution in [2.24, 2.45) is 5.92 Å². The molecule has 14 heteroatoms. The summed E-state index contributed by atoms with van der Waals surface area (Å²) in [5, 5.41) is 51.2. The second-order valence-electron chi connectivity index (χ2n) is 13.1. The molecule has 2 rings (SSSR count). The molecule has 0 aromatic carbocycles. The number of hydrogen-bond acceptors (Lipinski definition) is 11. The van der Waals surface area contributed by atoms with Crippen LogP contribution in [0, 0.1) is 18.3 Å². The van der Waals surface area contributed by atoms with Crippen LogP contribution in [0.25, 0.3) is 0 Å². The molecule has 2 fully saturated rings. The smallest absolute Gasteiger partial charge is 0.407 e. The fraction of sp³-hybridized carbons (Fsp3) is 0.828. The van der Waals surface area contributed by atoms with Gasteiger partial charge in [-0.3, -0.25) is 4.79 Å². The molecule has 10 atom stereocenters. The number of aliphatic hydroxyl groups excluding tert-OH is 4. The lowest BCUT2D eigenvalue weighted by molar-refractivity contribution is -0.304. The molecule has 0 bridgehead atoms. The molecular formula is C29H49N3O11. The van der Waals surface area contributed by atoms with Crippen molar-refractivity contribution < 1.29 is 53.8 Å². The van der Waals surface area contributed by atoms with Gasteiger partial charge in [0.05, 0.1) is 18.2 Å². The molecule has 3 amide bonds. The Kier molecular flexibility index (Phi) is 13.0. The number of amides is 3. The van der Waals surface area contributed by atoms with Crippen LogP contribution in [-0.4, -0.2) is 111 Å². The maximum absolute atomic E-state index is 12.7. The fourth-order valence-corrected chi connectivity index (χ4v) is 4.80. The van der Waals surface area contributed by atoms with E-state index in [1.807, 2.05) is 0 Å². The summed E-state index contributed by atoms with van der Waals surface area (Å²) in [6.45, 7) is 11.4. The lowest BCUT2D eigenvalue weighted by atomic mass is 9.83. The van der Waals surface area contributed by atoms with Gasteiger partial charge in [0.25, 0.3) is 0 Å². The average molecular weight is 616 g/mol. The summed E-state index contributed by atoms with van der Waals surface area (Å²) in [4.78, 5) is 37.3. The van der Waals surface area contributed by atoms with E-state index >= 15 is 0 Å². The molecule has 43 heavy (non-hydrogen) atoms. The lowest BCUT2D eigenvalue weighted by Gasteiger charge is -2.47. The van der Waals surface area contributed by atoms with Crippen molar-refractivity contribution in [3.05, 3.63) is 0 Å². The molecule has 1 heterocycles. The highest BCUT2D eigenvalue weighted by atomic mass is 16.7. The molecule has 1 aliphatic heterocycles. The molecule has 246 valence electrons. The van der Waals surface area contributed by atoms with Crippen LogP contribution in [0.1, 0.15) is 74.1 Å². The SMILES string of the molecule is C#CCCCC(=O)NCC1O[C@H](O[C@@H]2C(NC(=O)OC(C)(C)C)C[C@@H](NC(=O)OC(C)(C)C)C(O)[C@H]2O)C(C)[C@@H](O)[C@@H]1O. The monoisotopic (exact) mass is 615 g/mol. The van der Waals surface area contributed by atoms with Crippen LogP contribution in [-0.2, 0) is 23.7 Å². The number of hydrogen-bond donors (Lipinski definition) is 7. The standard InChI is InChI=1S/C29H49N3O11/c1-9-10-11-12-19(33)30-14-18-22(36)20(34)15(2)25(40-18)41-24-17(32-27(39)43-29(6,7)8)13-16(21(35)23(24)37)31-26(38)42-28(3,4)5/h1,15-18,20-25,34-37H,10-14H2,2-8H3,(H,30,33)(H,31,38)(H,32,39)/t15?,16-,17?,18?,20-,21?,22-,23-,24-,25-/m1/s1. The average Bonchev–Trinajstić information content (AvgIpc) is 2.86. The number of ether oxygens (including phenoxy) is 4. The molecule has 2 aliphatic rings.